The first-order valence-electron chi connectivity index (χ1n) is 11.5. The Bertz CT molecular complexity index is 1390. The van der Waals surface area contributed by atoms with Gasteiger partial charge in [-0.3, -0.25) is 9.59 Å². The van der Waals surface area contributed by atoms with Gasteiger partial charge < -0.3 is 15.4 Å². The van der Waals surface area contributed by atoms with Crippen LogP contribution in [0.5, 0.6) is 5.75 Å². The van der Waals surface area contributed by atoms with E-state index in [9.17, 15) is 18.0 Å². The van der Waals surface area contributed by atoms with Crippen molar-refractivity contribution in [3.05, 3.63) is 89.5 Å². The van der Waals surface area contributed by atoms with Crippen LogP contribution in [0.3, 0.4) is 0 Å². The van der Waals surface area contributed by atoms with Crippen LogP contribution in [0.15, 0.2) is 77.7 Å². The van der Waals surface area contributed by atoms with E-state index in [1.165, 1.54) is 19.1 Å². The summed E-state index contributed by atoms with van der Waals surface area (Å²) in [5.74, 6) is -0.0676. The van der Waals surface area contributed by atoms with Crippen molar-refractivity contribution in [3.63, 3.8) is 0 Å². The molecule has 0 bridgehead atoms. The molecule has 0 aromatic heterocycles. The molecule has 1 aliphatic rings. The molecule has 0 spiro atoms. The van der Waals surface area contributed by atoms with Crippen LogP contribution < -0.4 is 20.1 Å². The van der Waals surface area contributed by atoms with Gasteiger partial charge in [0.1, 0.15) is 11.2 Å². The Balaban J connectivity index is 1.77. The van der Waals surface area contributed by atoms with Crippen molar-refractivity contribution in [1.82, 2.24) is 10.0 Å². The topological polar surface area (TPSA) is 114 Å². The first kappa shape index (κ1) is 25.4. The molecule has 0 fully saturated rings. The van der Waals surface area contributed by atoms with Gasteiger partial charge >= 0.3 is 0 Å². The lowest BCUT2D eigenvalue weighted by Gasteiger charge is -2.36. The van der Waals surface area contributed by atoms with E-state index in [1.807, 2.05) is 43.3 Å². The molecular weight excluding hydrogens is 478 g/mol. The molecule has 2 atom stereocenters. The lowest BCUT2D eigenvalue weighted by atomic mass is 9.70. The van der Waals surface area contributed by atoms with Crippen LogP contribution in [0.4, 0.5) is 5.69 Å². The van der Waals surface area contributed by atoms with E-state index in [4.69, 9.17) is 4.74 Å². The number of sulfonamides is 1. The predicted molar refractivity (Wildman–Crippen MR) is 137 cm³/mol. The summed E-state index contributed by atoms with van der Waals surface area (Å²) in [5, 5.41) is 5.79. The van der Waals surface area contributed by atoms with Gasteiger partial charge in [0.25, 0.3) is 0 Å². The summed E-state index contributed by atoms with van der Waals surface area (Å²) >= 11 is 0. The van der Waals surface area contributed by atoms with Crippen molar-refractivity contribution in [3.8, 4) is 5.75 Å². The highest BCUT2D eigenvalue weighted by Gasteiger charge is 2.53. The van der Waals surface area contributed by atoms with Gasteiger partial charge in [-0.1, -0.05) is 48.0 Å². The summed E-state index contributed by atoms with van der Waals surface area (Å²) < 4.78 is 34.1. The Hall–Kier alpha value is -3.69. The van der Waals surface area contributed by atoms with Crippen molar-refractivity contribution in [2.24, 2.45) is 0 Å². The molecule has 1 heterocycles. The minimum absolute atomic E-state index is 0.104. The number of para-hydroxylation sites is 1. The maximum atomic E-state index is 13.7. The molecule has 36 heavy (non-hydrogen) atoms. The zero-order valence-electron chi connectivity index (χ0n) is 20.4. The Morgan fingerprint density at radius 1 is 1.06 bits per heavy atom. The highest BCUT2D eigenvalue weighted by molar-refractivity contribution is 7.89. The maximum absolute atomic E-state index is 13.7. The van der Waals surface area contributed by atoms with E-state index in [1.54, 1.807) is 31.4 Å². The number of ether oxygens (including phenoxy) is 1. The number of benzene rings is 3. The number of carbonyl (C=O) groups is 2. The molecule has 3 aromatic rings. The second kappa shape index (κ2) is 10.1. The largest absolute Gasteiger partial charge is 0.497 e. The van der Waals surface area contributed by atoms with E-state index in [0.717, 1.165) is 11.1 Å². The third kappa shape index (κ3) is 4.98. The van der Waals surface area contributed by atoms with Gasteiger partial charge in [-0.15, -0.1) is 0 Å². The smallest absolute Gasteiger partial charge is 0.240 e. The molecule has 3 aromatic carbocycles. The molecule has 188 valence electrons. The normalized spacial score (nSPS) is 17.7. The first-order chi connectivity index (χ1) is 17.2. The average molecular weight is 508 g/mol. The summed E-state index contributed by atoms with van der Waals surface area (Å²) in [7, 11) is -2.33. The van der Waals surface area contributed by atoms with E-state index in [0.29, 0.717) is 17.0 Å². The van der Waals surface area contributed by atoms with Gasteiger partial charge in [0.15, 0.2) is 0 Å². The summed E-state index contributed by atoms with van der Waals surface area (Å²) in [5.41, 5.74) is 1.78. The molecule has 8 nitrogen and oxygen atoms in total. The second-order valence-corrected chi connectivity index (χ2v) is 10.7. The van der Waals surface area contributed by atoms with Crippen molar-refractivity contribution < 1.29 is 22.7 Å². The number of fused-ring (bicyclic) bond motifs is 1. The van der Waals surface area contributed by atoms with Crippen LogP contribution in [0.25, 0.3) is 0 Å². The molecular formula is C27H29N3O5S. The fraction of sp³-hybridized carbons (Fsp3) is 0.259. The fourth-order valence-corrected chi connectivity index (χ4v) is 5.72. The number of nitrogens with one attached hydrogen (secondary N) is 3. The number of hydrogen-bond donors (Lipinski definition) is 3. The minimum atomic E-state index is -3.90. The zero-order valence-corrected chi connectivity index (χ0v) is 21.2. The van der Waals surface area contributed by atoms with E-state index < -0.39 is 21.5 Å². The van der Waals surface area contributed by atoms with Crippen molar-refractivity contribution in [1.29, 1.82) is 0 Å². The lowest BCUT2D eigenvalue weighted by Crippen LogP contribution is -2.59. The van der Waals surface area contributed by atoms with Crippen LogP contribution in [0.2, 0.25) is 0 Å². The predicted octanol–water partition coefficient (Wildman–Crippen LogP) is 2.92. The van der Waals surface area contributed by atoms with Gasteiger partial charge in [-0.2, -0.15) is 0 Å². The van der Waals surface area contributed by atoms with Gasteiger partial charge in [0.05, 0.1) is 18.0 Å². The number of anilines is 1. The van der Waals surface area contributed by atoms with Gasteiger partial charge in [0, 0.05) is 19.2 Å². The highest BCUT2D eigenvalue weighted by Crippen LogP contribution is 2.43. The van der Waals surface area contributed by atoms with Gasteiger partial charge in [-0.05, 0) is 54.8 Å². The molecule has 9 heteroatoms. The Morgan fingerprint density at radius 3 is 2.47 bits per heavy atom. The lowest BCUT2D eigenvalue weighted by molar-refractivity contribution is -0.124. The third-order valence-electron chi connectivity index (χ3n) is 6.46. The molecule has 0 unspecified atom stereocenters. The van der Waals surface area contributed by atoms with Crippen molar-refractivity contribution >= 4 is 27.5 Å². The molecule has 0 radical (unpaired) electrons. The maximum Gasteiger partial charge on any atom is 0.240 e. The van der Waals surface area contributed by atoms with Crippen LogP contribution in [-0.4, -0.2) is 39.9 Å². The summed E-state index contributed by atoms with van der Waals surface area (Å²) in [6.07, 6.45) is 0.213. The highest BCUT2D eigenvalue weighted by atomic mass is 32.2. The van der Waals surface area contributed by atoms with Crippen molar-refractivity contribution in [2.45, 2.75) is 36.6 Å². The van der Waals surface area contributed by atoms with E-state index >= 15 is 0 Å². The fourth-order valence-electron chi connectivity index (χ4n) is 4.67. The molecule has 1 aliphatic heterocycles. The quantitative estimate of drug-likeness (QED) is 0.412. The van der Waals surface area contributed by atoms with Crippen LogP contribution in [-0.2, 0) is 31.4 Å². The summed E-state index contributed by atoms with van der Waals surface area (Å²) in [6.45, 7) is 3.02. The van der Waals surface area contributed by atoms with E-state index in [2.05, 4.69) is 15.4 Å². The average Bonchev–Trinajstić information content (AvgIpc) is 3.13. The molecule has 3 N–H and O–H groups in total. The first-order valence-corrected chi connectivity index (χ1v) is 13.0. The van der Waals surface area contributed by atoms with Gasteiger partial charge in [0.2, 0.25) is 21.8 Å². The second-order valence-electron chi connectivity index (χ2n) is 8.92. The molecule has 2 amide bonds. The monoisotopic (exact) mass is 507 g/mol. The van der Waals surface area contributed by atoms with Gasteiger partial charge in [-0.25, -0.2) is 13.1 Å². The summed E-state index contributed by atoms with van der Waals surface area (Å²) in [4.78, 5) is 26.1. The Morgan fingerprint density at radius 2 is 1.78 bits per heavy atom. The van der Waals surface area contributed by atoms with E-state index in [-0.39, 0.29) is 29.7 Å². The van der Waals surface area contributed by atoms with Crippen LogP contribution in [0.1, 0.15) is 23.6 Å². The number of rotatable bonds is 9. The van der Waals surface area contributed by atoms with Crippen LogP contribution >= 0.6 is 0 Å². The Kier molecular flexibility index (Phi) is 7.14. The zero-order chi connectivity index (χ0) is 25.9. The number of hydrogen-bond acceptors (Lipinski definition) is 5. The molecule has 0 saturated carbocycles. The standard InChI is InChI=1S/C27H29N3O5S/c1-18-11-13-22(14-12-18)36(33,34)28-17-25(29-19(2)31)27(16-20-7-6-8-21(15-20)35-3)23-9-4-5-10-24(23)30-26(27)32/h4-15,25,28H,16-17H2,1-3H3,(H,29,31)(H,30,32)/t25-,27-/m1/s1. The molecule has 0 aliphatic carbocycles. The van der Waals surface area contributed by atoms with Crippen LogP contribution in [0, 0.1) is 6.92 Å². The number of amides is 2. The number of carbonyl (C=O) groups excluding carboxylic acids is 2. The summed E-state index contributed by atoms with van der Waals surface area (Å²) in [6, 6.07) is 20.2. The SMILES string of the molecule is COc1cccc(C[C@@]2([C@@H](CNS(=O)(=O)c3ccc(C)cc3)NC(C)=O)C(=O)Nc3ccccc32)c1. The number of methoxy groups -OCH3 is 1. The third-order valence-corrected chi connectivity index (χ3v) is 7.90. The Labute approximate surface area is 211 Å². The minimum Gasteiger partial charge on any atom is -0.497 e. The molecule has 0 saturated heterocycles. The number of aryl methyl sites for hydroxylation is 1. The molecule has 4 rings (SSSR count). The van der Waals surface area contributed by atoms with Crippen molar-refractivity contribution in [2.75, 3.05) is 19.0 Å².